The van der Waals surface area contributed by atoms with Crippen molar-refractivity contribution in [2.75, 3.05) is 26.2 Å². The number of benzene rings is 1. The first-order valence-corrected chi connectivity index (χ1v) is 9.27. The first kappa shape index (κ1) is 20.4. The number of carbonyl (C=O) groups is 2. The highest BCUT2D eigenvalue weighted by Crippen LogP contribution is 2.34. The molecule has 0 spiro atoms. The van der Waals surface area contributed by atoms with Gasteiger partial charge in [0.15, 0.2) is 0 Å². The Balaban J connectivity index is 1.76. The Morgan fingerprint density at radius 2 is 1.61 bits per heavy atom. The first-order chi connectivity index (χ1) is 13.1. The third-order valence-corrected chi connectivity index (χ3v) is 5.51. The molecule has 0 radical (unpaired) electrons. The van der Waals surface area contributed by atoms with Crippen LogP contribution < -0.4 is 0 Å². The van der Waals surface area contributed by atoms with Crippen LogP contribution in [0.2, 0.25) is 0 Å². The van der Waals surface area contributed by atoms with Crippen molar-refractivity contribution >= 4 is 12.0 Å². The first-order valence-electron chi connectivity index (χ1n) is 9.27. The number of hydrogen-bond acceptors (Lipinski definition) is 3. The lowest BCUT2D eigenvalue weighted by molar-refractivity contribution is -0.143. The summed E-state index contributed by atoms with van der Waals surface area (Å²) in [6.07, 6.45) is -3.65. The molecule has 28 heavy (non-hydrogen) atoms. The van der Waals surface area contributed by atoms with Crippen LogP contribution in [-0.4, -0.2) is 64.3 Å². The minimum absolute atomic E-state index is 0.0738. The van der Waals surface area contributed by atoms with Crippen molar-refractivity contribution in [1.29, 1.82) is 0 Å². The van der Waals surface area contributed by atoms with E-state index >= 15 is 0 Å². The van der Waals surface area contributed by atoms with Gasteiger partial charge in [-0.3, -0.25) is 4.79 Å². The predicted octanol–water partition coefficient (Wildman–Crippen LogP) is 2.77. The number of carboxylic acid groups (broad SMARTS) is 1. The minimum Gasteiger partial charge on any atom is -0.481 e. The zero-order valence-electron chi connectivity index (χ0n) is 15.2. The normalized spacial score (nSPS) is 24.3. The molecule has 2 unspecified atom stereocenters. The second-order valence-corrected chi connectivity index (χ2v) is 7.49. The van der Waals surface area contributed by atoms with E-state index < -0.39 is 29.7 Å². The van der Waals surface area contributed by atoms with E-state index in [0.717, 1.165) is 12.1 Å². The summed E-state index contributed by atoms with van der Waals surface area (Å²) in [5.74, 6) is -2.15. The Morgan fingerprint density at radius 1 is 1.00 bits per heavy atom. The van der Waals surface area contributed by atoms with Gasteiger partial charge in [-0.2, -0.15) is 13.2 Å². The molecule has 1 aromatic rings. The number of alkyl halides is 3. The van der Waals surface area contributed by atoms with Crippen molar-refractivity contribution in [3.05, 3.63) is 35.4 Å². The van der Waals surface area contributed by atoms with Gasteiger partial charge in [0.1, 0.15) is 0 Å². The molecule has 2 amide bonds. The second-order valence-electron chi connectivity index (χ2n) is 7.49. The number of aliphatic carboxylic acids is 1. The number of rotatable bonds is 2. The van der Waals surface area contributed by atoms with Gasteiger partial charge >= 0.3 is 18.2 Å². The Kier molecular flexibility index (Phi) is 5.83. The molecule has 6 nitrogen and oxygen atoms in total. The van der Waals surface area contributed by atoms with Gasteiger partial charge < -0.3 is 20.0 Å². The molecule has 0 bridgehead atoms. The van der Waals surface area contributed by atoms with E-state index in [2.05, 4.69) is 0 Å². The van der Waals surface area contributed by atoms with E-state index in [1.807, 2.05) is 0 Å². The summed E-state index contributed by atoms with van der Waals surface area (Å²) in [5, 5.41) is 19.1. The monoisotopic (exact) mass is 400 g/mol. The summed E-state index contributed by atoms with van der Waals surface area (Å²) >= 11 is 0. The van der Waals surface area contributed by atoms with Gasteiger partial charge in [0.2, 0.25) is 0 Å². The van der Waals surface area contributed by atoms with Gasteiger partial charge in [-0.15, -0.1) is 0 Å². The van der Waals surface area contributed by atoms with Crippen LogP contribution in [0.4, 0.5) is 18.0 Å². The highest BCUT2D eigenvalue weighted by molar-refractivity contribution is 5.77. The Morgan fingerprint density at radius 3 is 2.14 bits per heavy atom. The maximum absolute atomic E-state index is 12.8. The quantitative estimate of drug-likeness (QED) is 0.800. The van der Waals surface area contributed by atoms with Gasteiger partial charge in [0.25, 0.3) is 0 Å². The Labute approximate surface area is 160 Å². The molecule has 2 heterocycles. The van der Waals surface area contributed by atoms with Crippen LogP contribution in [-0.2, 0) is 11.0 Å². The number of carboxylic acids is 1. The number of aliphatic hydroxyl groups is 1. The second kappa shape index (κ2) is 7.98. The molecule has 2 fully saturated rings. The van der Waals surface area contributed by atoms with Crippen LogP contribution in [0.15, 0.2) is 24.3 Å². The molecule has 154 valence electrons. The van der Waals surface area contributed by atoms with Crippen LogP contribution >= 0.6 is 0 Å². The van der Waals surface area contributed by atoms with Gasteiger partial charge in [-0.1, -0.05) is 12.1 Å². The molecule has 1 aromatic carbocycles. The van der Waals surface area contributed by atoms with Crippen LogP contribution in [0.3, 0.4) is 0 Å². The summed E-state index contributed by atoms with van der Waals surface area (Å²) in [4.78, 5) is 27.5. The molecule has 3 rings (SSSR count). The number of halogens is 3. The number of amides is 2. The molecule has 0 saturated carbocycles. The summed E-state index contributed by atoms with van der Waals surface area (Å²) in [6, 6.07) is 4.40. The third kappa shape index (κ3) is 4.57. The number of piperidine rings is 2. The zero-order chi connectivity index (χ0) is 20.5. The SMILES string of the molecule is O=C(O)C1CC(c2ccc(C(F)(F)F)cc2)CN(C(=O)N2CCC(O)CC2)C1. The van der Waals surface area contributed by atoms with Crippen molar-refractivity contribution in [2.45, 2.75) is 37.5 Å². The maximum Gasteiger partial charge on any atom is 0.416 e. The Hall–Kier alpha value is -2.29. The summed E-state index contributed by atoms with van der Waals surface area (Å²) in [7, 11) is 0. The lowest BCUT2D eigenvalue weighted by Gasteiger charge is -2.40. The molecular formula is C19H23F3N2O4. The van der Waals surface area contributed by atoms with E-state index in [0.29, 0.717) is 31.5 Å². The summed E-state index contributed by atoms with van der Waals surface area (Å²) < 4.78 is 38.3. The zero-order valence-corrected chi connectivity index (χ0v) is 15.2. The van der Waals surface area contributed by atoms with Crippen molar-refractivity contribution in [3.8, 4) is 0 Å². The van der Waals surface area contributed by atoms with E-state index in [9.17, 15) is 33.0 Å². The number of likely N-dealkylation sites (tertiary alicyclic amines) is 2. The summed E-state index contributed by atoms with van der Waals surface area (Å²) in [6.45, 7) is 1.13. The summed E-state index contributed by atoms with van der Waals surface area (Å²) in [5.41, 5.74) is -0.174. The Bertz CT molecular complexity index is 715. The molecule has 0 aromatic heterocycles. The van der Waals surface area contributed by atoms with Gasteiger partial charge in [-0.05, 0) is 37.0 Å². The molecule has 2 aliphatic rings. The van der Waals surface area contributed by atoms with Gasteiger partial charge in [0.05, 0.1) is 17.6 Å². The van der Waals surface area contributed by atoms with Crippen molar-refractivity contribution in [1.82, 2.24) is 9.80 Å². The molecule has 2 atom stereocenters. The topological polar surface area (TPSA) is 81.1 Å². The average molecular weight is 400 g/mol. The van der Waals surface area contributed by atoms with Crippen LogP contribution in [0, 0.1) is 5.92 Å². The fourth-order valence-corrected chi connectivity index (χ4v) is 3.88. The molecule has 2 N–H and O–H groups in total. The minimum atomic E-state index is -4.43. The fourth-order valence-electron chi connectivity index (χ4n) is 3.88. The molecule has 9 heteroatoms. The highest BCUT2D eigenvalue weighted by atomic mass is 19.4. The van der Waals surface area contributed by atoms with Crippen LogP contribution in [0.25, 0.3) is 0 Å². The van der Waals surface area contributed by atoms with Crippen molar-refractivity contribution in [3.63, 3.8) is 0 Å². The molecule has 2 saturated heterocycles. The lowest BCUT2D eigenvalue weighted by Crippen LogP contribution is -2.52. The van der Waals surface area contributed by atoms with E-state index in [-0.39, 0.29) is 31.5 Å². The molecular weight excluding hydrogens is 377 g/mol. The highest BCUT2D eigenvalue weighted by Gasteiger charge is 2.37. The van der Waals surface area contributed by atoms with E-state index in [1.165, 1.54) is 17.0 Å². The number of aliphatic hydroxyl groups excluding tert-OH is 1. The predicted molar refractivity (Wildman–Crippen MR) is 93.7 cm³/mol. The van der Waals surface area contributed by atoms with E-state index in [4.69, 9.17) is 0 Å². The number of hydrogen-bond donors (Lipinski definition) is 2. The number of carbonyl (C=O) groups excluding carboxylic acids is 1. The van der Waals surface area contributed by atoms with E-state index in [1.54, 1.807) is 4.90 Å². The largest absolute Gasteiger partial charge is 0.481 e. The molecule has 0 aliphatic carbocycles. The van der Waals surface area contributed by atoms with Crippen LogP contribution in [0.5, 0.6) is 0 Å². The van der Waals surface area contributed by atoms with Gasteiger partial charge in [0, 0.05) is 32.1 Å². The number of urea groups is 1. The number of nitrogens with zero attached hydrogens (tertiary/aromatic N) is 2. The average Bonchev–Trinajstić information content (AvgIpc) is 2.67. The van der Waals surface area contributed by atoms with Gasteiger partial charge in [-0.25, -0.2) is 4.79 Å². The smallest absolute Gasteiger partial charge is 0.416 e. The molecule has 2 aliphatic heterocycles. The third-order valence-electron chi connectivity index (χ3n) is 5.51. The van der Waals surface area contributed by atoms with Crippen molar-refractivity contribution in [2.24, 2.45) is 5.92 Å². The maximum atomic E-state index is 12.8. The standard InChI is InChI=1S/C19H23F3N2O4/c20-19(21,22)15-3-1-12(2-4-15)13-9-14(17(26)27)11-24(10-13)18(28)23-7-5-16(25)6-8-23/h1-4,13-14,16,25H,5-11H2,(H,26,27). The lowest BCUT2D eigenvalue weighted by atomic mass is 9.84. The van der Waals surface area contributed by atoms with Crippen molar-refractivity contribution < 1.29 is 33.0 Å². The van der Waals surface area contributed by atoms with Crippen LogP contribution in [0.1, 0.15) is 36.3 Å². The fraction of sp³-hybridized carbons (Fsp3) is 0.579.